The summed E-state index contributed by atoms with van der Waals surface area (Å²) in [6.07, 6.45) is -3.93. The first kappa shape index (κ1) is 17.2. The van der Waals surface area contributed by atoms with Gasteiger partial charge in [-0.3, -0.25) is 0 Å². The van der Waals surface area contributed by atoms with Gasteiger partial charge in [-0.1, -0.05) is 13.8 Å². The molecule has 1 heterocycles. The number of thiol groups is 1. The smallest absolute Gasteiger partial charge is 0.197 e. The van der Waals surface area contributed by atoms with Crippen LogP contribution in [0.4, 0.5) is 0 Å². The average molecular weight is 298 g/mol. The topological polar surface area (TPSA) is 99.4 Å². The molecule has 19 heavy (non-hydrogen) atoms. The second-order valence-corrected chi connectivity index (χ2v) is 6.80. The van der Waals surface area contributed by atoms with Gasteiger partial charge in [0.2, 0.25) is 0 Å². The number of hydrogen-bond donors (Lipinski definition) is 5. The molecule has 0 aromatic carbocycles. The number of hydrogen-bond acceptors (Lipinski definition) is 6. The third-order valence-corrected chi connectivity index (χ3v) is 5.45. The van der Waals surface area contributed by atoms with Crippen molar-refractivity contribution < 1.29 is 29.3 Å². The van der Waals surface area contributed by atoms with Gasteiger partial charge in [0.15, 0.2) is 6.29 Å². The van der Waals surface area contributed by atoms with Gasteiger partial charge in [-0.05, 0) is 24.3 Å². The predicted molar refractivity (Wildman–Crippen MR) is 74.2 cm³/mol. The molecular formula is C12H26O6S. The van der Waals surface area contributed by atoms with E-state index in [2.05, 4.69) is 13.8 Å². The van der Waals surface area contributed by atoms with E-state index in [-0.39, 0.29) is 0 Å². The van der Waals surface area contributed by atoms with Crippen molar-refractivity contribution >= 4 is 11.2 Å². The van der Waals surface area contributed by atoms with E-state index in [1.807, 2.05) is 0 Å². The normalized spacial score (nSPS) is 36.3. The summed E-state index contributed by atoms with van der Waals surface area (Å²) in [5.41, 5.74) is 0. The highest BCUT2D eigenvalue weighted by molar-refractivity contribution is 8.12. The van der Waals surface area contributed by atoms with Crippen LogP contribution in [0.3, 0.4) is 0 Å². The highest BCUT2D eigenvalue weighted by atomic mass is 32.2. The van der Waals surface area contributed by atoms with Crippen LogP contribution in [0.15, 0.2) is 0 Å². The Balaban J connectivity index is 2.64. The maximum absolute atomic E-state index is 9.88. The second-order valence-electron chi connectivity index (χ2n) is 4.73. The highest BCUT2D eigenvalue weighted by Crippen LogP contribution is 2.34. The van der Waals surface area contributed by atoms with Crippen LogP contribution in [-0.2, 0) is 8.92 Å². The molecule has 1 rings (SSSR count). The lowest BCUT2D eigenvalue weighted by Gasteiger charge is -2.41. The molecule has 0 bridgehead atoms. The molecule has 0 spiro atoms. The van der Waals surface area contributed by atoms with E-state index in [1.54, 1.807) is 0 Å². The SMILES string of the molecule is CCC[SH](CCC)OC1O[C@H](CO)[C@H](O)[C@H](O)[C@H]1O. The Bertz CT molecular complexity index is 246. The molecule has 116 valence electrons. The minimum atomic E-state index is -1.36. The van der Waals surface area contributed by atoms with Gasteiger partial charge >= 0.3 is 0 Å². The van der Waals surface area contributed by atoms with E-state index in [1.165, 1.54) is 0 Å². The highest BCUT2D eigenvalue weighted by Gasteiger charge is 2.44. The molecule has 1 saturated heterocycles. The number of aliphatic hydroxyl groups is 4. The summed E-state index contributed by atoms with van der Waals surface area (Å²) in [7, 11) is 0. The summed E-state index contributed by atoms with van der Waals surface area (Å²) >= 11 is -0.727. The summed E-state index contributed by atoms with van der Waals surface area (Å²) in [5, 5.41) is 38.3. The maximum atomic E-state index is 9.88. The molecule has 0 aromatic heterocycles. The minimum absolute atomic E-state index is 0.426. The Labute approximate surface area is 116 Å². The van der Waals surface area contributed by atoms with Crippen LogP contribution in [0.5, 0.6) is 0 Å². The Hall–Kier alpha value is 0.110. The molecule has 1 aliphatic rings. The molecule has 7 heteroatoms. The monoisotopic (exact) mass is 298 g/mol. The van der Waals surface area contributed by atoms with Crippen molar-refractivity contribution in [3.8, 4) is 0 Å². The van der Waals surface area contributed by atoms with Crippen molar-refractivity contribution in [3.05, 3.63) is 0 Å². The molecule has 4 N–H and O–H groups in total. The zero-order valence-corrected chi connectivity index (χ0v) is 12.4. The lowest BCUT2D eigenvalue weighted by Crippen LogP contribution is -2.59. The summed E-state index contributed by atoms with van der Waals surface area (Å²) in [5.74, 6) is 1.80. The van der Waals surface area contributed by atoms with E-state index in [9.17, 15) is 15.3 Å². The molecule has 1 fully saturated rings. The molecule has 6 nitrogen and oxygen atoms in total. The number of aliphatic hydroxyl groups excluding tert-OH is 4. The van der Waals surface area contributed by atoms with Crippen LogP contribution >= 0.6 is 11.2 Å². The molecule has 0 aromatic rings. The van der Waals surface area contributed by atoms with Crippen molar-refractivity contribution in [1.82, 2.24) is 0 Å². The van der Waals surface area contributed by atoms with E-state index in [4.69, 9.17) is 14.0 Å². The Morgan fingerprint density at radius 2 is 1.58 bits per heavy atom. The zero-order valence-electron chi connectivity index (χ0n) is 11.5. The predicted octanol–water partition coefficient (Wildman–Crippen LogP) is -0.461. The summed E-state index contributed by atoms with van der Waals surface area (Å²) in [6.45, 7) is 3.69. The van der Waals surface area contributed by atoms with Gasteiger partial charge in [0.1, 0.15) is 24.4 Å². The Kier molecular flexibility index (Phi) is 7.60. The van der Waals surface area contributed by atoms with E-state index >= 15 is 0 Å². The van der Waals surface area contributed by atoms with Crippen LogP contribution in [0, 0.1) is 0 Å². The summed E-state index contributed by atoms with van der Waals surface area (Å²) in [4.78, 5) is 0. The Morgan fingerprint density at radius 1 is 1.00 bits per heavy atom. The van der Waals surface area contributed by atoms with E-state index in [0.29, 0.717) is 0 Å². The third-order valence-electron chi connectivity index (χ3n) is 3.05. The van der Waals surface area contributed by atoms with Crippen LogP contribution in [0.1, 0.15) is 26.7 Å². The van der Waals surface area contributed by atoms with Gasteiger partial charge in [0.05, 0.1) is 6.61 Å². The molecule has 0 saturated carbocycles. The van der Waals surface area contributed by atoms with Crippen LogP contribution in [0.25, 0.3) is 0 Å². The lowest BCUT2D eigenvalue weighted by molar-refractivity contribution is -0.274. The number of ether oxygens (including phenoxy) is 1. The summed E-state index contributed by atoms with van der Waals surface area (Å²) < 4.78 is 11.1. The average Bonchev–Trinajstić information content (AvgIpc) is 2.40. The van der Waals surface area contributed by atoms with Crippen LogP contribution in [-0.4, -0.2) is 69.2 Å². The van der Waals surface area contributed by atoms with Gasteiger partial charge in [0.25, 0.3) is 0 Å². The Morgan fingerprint density at radius 3 is 2.05 bits per heavy atom. The lowest BCUT2D eigenvalue weighted by atomic mass is 10.00. The second kappa shape index (κ2) is 8.41. The third kappa shape index (κ3) is 4.56. The van der Waals surface area contributed by atoms with Crippen molar-refractivity contribution in [2.75, 3.05) is 18.1 Å². The summed E-state index contributed by atoms with van der Waals surface area (Å²) in [6, 6.07) is 0. The largest absolute Gasteiger partial charge is 0.394 e. The first-order chi connectivity index (χ1) is 9.04. The fourth-order valence-corrected chi connectivity index (χ4v) is 3.92. The quantitative estimate of drug-likeness (QED) is 0.408. The first-order valence-electron chi connectivity index (χ1n) is 6.77. The van der Waals surface area contributed by atoms with E-state index in [0.717, 1.165) is 24.3 Å². The van der Waals surface area contributed by atoms with Crippen molar-refractivity contribution in [2.24, 2.45) is 0 Å². The van der Waals surface area contributed by atoms with Gasteiger partial charge < -0.3 is 29.3 Å². The first-order valence-corrected chi connectivity index (χ1v) is 8.40. The molecule has 1 unspecified atom stereocenters. The van der Waals surface area contributed by atoms with Crippen molar-refractivity contribution in [1.29, 1.82) is 0 Å². The number of rotatable bonds is 7. The van der Waals surface area contributed by atoms with Crippen LogP contribution in [0.2, 0.25) is 0 Å². The zero-order chi connectivity index (χ0) is 14.4. The van der Waals surface area contributed by atoms with Crippen molar-refractivity contribution in [2.45, 2.75) is 57.4 Å². The molecule has 0 amide bonds. The standard InChI is InChI=1S/C12H26O6S/c1-3-5-19(6-4-2)18-12-11(16)10(15)9(14)8(7-13)17-12/h8-16,19H,3-7H2,1-2H3/t8-,9+,10+,11-,12?/m1/s1. The molecule has 5 atom stereocenters. The molecule has 1 aliphatic heterocycles. The van der Waals surface area contributed by atoms with Gasteiger partial charge in [0, 0.05) is 0 Å². The van der Waals surface area contributed by atoms with Gasteiger partial charge in [-0.15, -0.1) is 11.2 Å². The maximum Gasteiger partial charge on any atom is 0.197 e. The molecular weight excluding hydrogens is 272 g/mol. The van der Waals surface area contributed by atoms with Gasteiger partial charge in [-0.25, -0.2) is 0 Å². The van der Waals surface area contributed by atoms with Crippen molar-refractivity contribution in [3.63, 3.8) is 0 Å². The minimum Gasteiger partial charge on any atom is -0.394 e. The fourth-order valence-electron chi connectivity index (χ4n) is 2.02. The van der Waals surface area contributed by atoms with Crippen LogP contribution < -0.4 is 0 Å². The van der Waals surface area contributed by atoms with E-state index < -0.39 is 48.5 Å². The van der Waals surface area contributed by atoms with Gasteiger partial charge in [-0.2, -0.15) is 0 Å². The molecule has 0 radical (unpaired) electrons. The fraction of sp³-hybridized carbons (Fsp3) is 1.00. The molecule has 0 aliphatic carbocycles.